The maximum atomic E-state index is 11.9. The molecule has 1 amide bonds. The Labute approximate surface area is 117 Å². The number of aromatic nitrogens is 2. The monoisotopic (exact) mass is 282 g/mol. The predicted molar refractivity (Wildman–Crippen MR) is 76.5 cm³/mol. The van der Waals surface area contributed by atoms with Gasteiger partial charge in [-0.1, -0.05) is 0 Å². The number of rotatable bonds is 5. The molecule has 0 saturated carbocycles. The first-order chi connectivity index (χ1) is 9.29. The molecular weight excluding hydrogens is 260 g/mol. The van der Waals surface area contributed by atoms with Crippen molar-refractivity contribution in [1.29, 1.82) is 0 Å². The third-order valence-electron chi connectivity index (χ3n) is 3.44. The average Bonchev–Trinajstić information content (AvgIpc) is 2.45. The second-order valence-corrected chi connectivity index (χ2v) is 4.83. The first-order valence-corrected chi connectivity index (χ1v) is 6.53. The highest BCUT2D eigenvalue weighted by Crippen LogP contribution is 1.95. The van der Waals surface area contributed by atoms with Crippen molar-refractivity contribution in [2.75, 3.05) is 13.6 Å². The van der Waals surface area contributed by atoms with E-state index in [-0.39, 0.29) is 29.7 Å². The van der Waals surface area contributed by atoms with Crippen LogP contribution in [-0.4, -0.2) is 39.6 Å². The fourth-order valence-electron chi connectivity index (χ4n) is 1.78. The average molecular weight is 282 g/mol. The summed E-state index contributed by atoms with van der Waals surface area (Å²) in [5.41, 5.74) is -0.176. The molecule has 0 spiro atoms. The lowest BCUT2D eigenvalue weighted by Gasteiger charge is -2.21. The van der Waals surface area contributed by atoms with Crippen LogP contribution in [0.1, 0.15) is 19.5 Å². The molecule has 0 saturated heterocycles. The standard InChI is InChI=1S/C13H22N4O3/c1-6-15(3)12(19)9(2)14-8-10-7-11(18)17(5)13(20)16(10)4/h7,9,14H,6,8H2,1-5H3. The third-order valence-corrected chi connectivity index (χ3v) is 3.44. The zero-order chi connectivity index (χ0) is 15.4. The molecule has 0 aliphatic heterocycles. The van der Waals surface area contributed by atoms with Crippen molar-refractivity contribution in [3.05, 3.63) is 32.6 Å². The number of carbonyl (C=O) groups excluding carboxylic acids is 1. The van der Waals surface area contributed by atoms with E-state index in [4.69, 9.17) is 0 Å². The summed E-state index contributed by atoms with van der Waals surface area (Å²) in [5.74, 6) is -0.0265. The molecule has 1 rings (SSSR count). The predicted octanol–water partition coefficient (Wildman–Crippen LogP) is -0.960. The van der Waals surface area contributed by atoms with E-state index < -0.39 is 0 Å². The fraction of sp³-hybridized carbons (Fsp3) is 0.615. The highest BCUT2D eigenvalue weighted by molar-refractivity contribution is 5.81. The van der Waals surface area contributed by atoms with Crippen LogP contribution in [0.5, 0.6) is 0 Å². The van der Waals surface area contributed by atoms with E-state index in [1.165, 1.54) is 17.7 Å². The Morgan fingerprint density at radius 1 is 1.35 bits per heavy atom. The number of nitrogens with one attached hydrogen (secondary N) is 1. The van der Waals surface area contributed by atoms with Crippen molar-refractivity contribution in [2.24, 2.45) is 14.1 Å². The number of likely N-dealkylation sites (N-methyl/N-ethyl adjacent to an activating group) is 1. The highest BCUT2D eigenvalue weighted by Gasteiger charge is 2.16. The summed E-state index contributed by atoms with van der Waals surface area (Å²) in [6, 6.07) is 1.02. The second-order valence-electron chi connectivity index (χ2n) is 4.83. The number of amides is 1. The van der Waals surface area contributed by atoms with E-state index in [2.05, 4.69) is 5.32 Å². The summed E-state index contributed by atoms with van der Waals surface area (Å²) in [7, 11) is 4.77. The van der Waals surface area contributed by atoms with Crippen LogP contribution in [-0.2, 0) is 25.4 Å². The molecular formula is C13H22N4O3. The van der Waals surface area contributed by atoms with Gasteiger partial charge < -0.3 is 10.2 Å². The van der Waals surface area contributed by atoms with Crippen LogP contribution in [0.2, 0.25) is 0 Å². The second kappa shape index (κ2) is 6.51. The van der Waals surface area contributed by atoms with Gasteiger partial charge in [0, 0.05) is 46.0 Å². The summed E-state index contributed by atoms with van der Waals surface area (Å²) in [5, 5.41) is 3.03. The van der Waals surface area contributed by atoms with Crippen LogP contribution >= 0.6 is 0 Å². The third kappa shape index (κ3) is 3.36. The molecule has 0 aromatic carbocycles. The van der Waals surface area contributed by atoms with Crippen molar-refractivity contribution in [3.8, 4) is 0 Å². The molecule has 1 heterocycles. The molecule has 0 fully saturated rings. The largest absolute Gasteiger partial charge is 0.345 e. The molecule has 0 aliphatic rings. The molecule has 7 heteroatoms. The number of carbonyl (C=O) groups is 1. The SMILES string of the molecule is CCN(C)C(=O)C(C)NCc1cc(=O)n(C)c(=O)n1C. The first kappa shape index (κ1) is 16.2. The fourth-order valence-corrected chi connectivity index (χ4v) is 1.78. The summed E-state index contributed by atoms with van der Waals surface area (Å²) in [6.07, 6.45) is 0. The van der Waals surface area contributed by atoms with Crippen LogP contribution < -0.4 is 16.6 Å². The molecule has 1 atom stereocenters. The van der Waals surface area contributed by atoms with E-state index in [1.807, 2.05) is 6.92 Å². The maximum absolute atomic E-state index is 11.9. The topological polar surface area (TPSA) is 76.3 Å². The molecule has 1 aromatic heterocycles. The molecule has 1 aromatic rings. The van der Waals surface area contributed by atoms with Gasteiger partial charge in [0.25, 0.3) is 5.56 Å². The van der Waals surface area contributed by atoms with Crippen LogP contribution in [0, 0.1) is 0 Å². The molecule has 1 N–H and O–H groups in total. The molecule has 1 unspecified atom stereocenters. The van der Waals surface area contributed by atoms with Gasteiger partial charge in [-0.3, -0.25) is 18.7 Å². The van der Waals surface area contributed by atoms with Gasteiger partial charge in [-0.15, -0.1) is 0 Å². The molecule has 20 heavy (non-hydrogen) atoms. The quantitative estimate of drug-likeness (QED) is 0.755. The summed E-state index contributed by atoms with van der Waals surface area (Å²) < 4.78 is 2.44. The van der Waals surface area contributed by atoms with Gasteiger partial charge in [0.1, 0.15) is 0 Å². The van der Waals surface area contributed by atoms with Gasteiger partial charge in [-0.05, 0) is 13.8 Å². The molecule has 0 radical (unpaired) electrons. The Balaban J connectivity index is 2.84. The Hall–Kier alpha value is -1.89. The molecule has 112 valence electrons. The number of hydrogen-bond acceptors (Lipinski definition) is 4. The lowest BCUT2D eigenvalue weighted by molar-refractivity contribution is -0.131. The minimum Gasteiger partial charge on any atom is -0.345 e. The van der Waals surface area contributed by atoms with E-state index in [0.717, 1.165) is 4.57 Å². The maximum Gasteiger partial charge on any atom is 0.330 e. The zero-order valence-corrected chi connectivity index (χ0v) is 12.6. The van der Waals surface area contributed by atoms with Gasteiger partial charge >= 0.3 is 5.69 Å². The van der Waals surface area contributed by atoms with Gasteiger partial charge in [-0.25, -0.2) is 4.79 Å². The number of hydrogen-bond donors (Lipinski definition) is 1. The summed E-state index contributed by atoms with van der Waals surface area (Å²) in [4.78, 5) is 36.9. The normalized spacial score (nSPS) is 12.2. The van der Waals surface area contributed by atoms with Crippen molar-refractivity contribution in [3.63, 3.8) is 0 Å². The molecule has 0 aliphatic carbocycles. The first-order valence-electron chi connectivity index (χ1n) is 6.53. The molecule has 0 bridgehead atoms. The summed E-state index contributed by atoms with van der Waals surface area (Å²) >= 11 is 0. The van der Waals surface area contributed by atoms with Gasteiger partial charge in [0.2, 0.25) is 5.91 Å². The Bertz CT molecular complexity index is 603. The smallest absolute Gasteiger partial charge is 0.330 e. The van der Waals surface area contributed by atoms with Gasteiger partial charge in [-0.2, -0.15) is 0 Å². The lowest BCUT2D eigenvalue weighted by atomic mass is 10.2. The van der Waals surface area contributed by atoms with Crippen LogP contribution in [0.25, 0.3) is 0 Å². The minimum absolute atomic E-state index is 0.0265. The van der Waals surface area contributed by atoms with Crippen molar-refractivity contribution in [2.45, 2.75) is 26.4 Å². The number of nitrogens with zero attached hydrogens (tertiary/aromatic N) is 3. The minimum atomic E-state index is -0.376. The zero-order valence-electron chi connectivity index (χ0n) is 12.6. The van der Waals surface area contributed by atoms with Gasteiger partial charge in [0.15, 0.2) is 0 Å². The summed E-state index contributed by atoms with van der Waals surface area (Å²) in [6.45, 7) is 4.57. The Morgan fingerprint density at radius 3 is 2.50 bits per heavy atom. The highest BCUT2D eigenvalue weighted by atomic mass is 16.2. The van der Waals surface area contributed by atoms with Crippen LogP contribution in [0.3, 0.4) is 0 Å². The van der Waals surface area contributed by atoms with Crippen molar-refractivity contribution < 1.29 is 4.79 Å². The van der Waals surface area contributed by atoms with Crippen LogP contribution in [0.4, 0.5) is 0 Å². The van der Waals surface area contributed by atoms with Crippen LogP contribution in [0.15, 0.2) is 15.7 Å². The van der Waals surface area contributed by atoms with E-state index >= 15 is 0 Å². The Kier molecular flexibility index (Phi) is 5.26. The van der Waals surface area contributed by atoms with Crippen molar-refractivity contribution >= 4 is 5.91 Å². The Morgan fingerprint density at radius 2 is 1.95 bits per heavy atom. The van der Waals surface area contributed by atoms with E-state index in [9.17, 15) is 14.4 Å². The molecule has 7 nitrogen and oxygen atoms in total. The van der Waals surface area contributed by atoms with E-state index in [0.29, 0.717) is 12.2 Å². The lowest BCUT2D eigenvalue weighted by Crippen LogP contribution is -2.44. The van der Waals surface area contributed by atoms with E-state index in [1.54, 1.807) is 25.9 Å². The van der Waals surface area contributed by atoms with Crippen molar-refractivity contribution in [1.82, 2.24) is 19.4 Å². The van der Waals surface area contributed by atoms with Gasteiger partial charge in [0.05, 0.1) is 6.04 Å².